The predicted molar refractivity (Wildman–Crippen MR) is 145 cm³/mol. The second kappa shape index (κ2) is 10.7. The Bertz CT molecular complexity index is 1530. The number of carbonyl (C=O) groups is 3. The minimum Gasteiger partial charge on any atom is -0.477 e. The van der Waals surface area contributed by atoms with E-state index in [2.05, 4.69) is 24.8 Å². The van der Waals surface area contributed by atoms with Crippen LogP contribution in [0.4, 0.5) is 5.13 Å². The number of hydrogen-bond acceptors (Lipinski definition) is 10. The summed E-state index contributed by atoms with van der Waals surface area (Å²) in [4.78, 5) is 50.7. The van der Waals surface area contributed by atoms with Gasteiger partial charge in [-0.05, 0) is 20.2 Å². The molecule has 2 aliphatic heterocycles. The van der Waals surface area contributed by atoms with E-state index < -0.39 is 29.2 Å². The predicted octanol–water partition coefficient (Wildman–Crippen LogP) is 0.116. The second-order valence-corrected chi connectivity index (χ2v) is 11.2. The van der Waals surface area contributed by atoms with Crippen LogP contribution in [0.25, 0.3) is 5.65 Å². The van der Waals surface area contributed by atoms with Gasteiger partial charge in [-0.25, -0.2) is 14.3 Å². The molecule has 13 nitrogen and oxygen atoms in total. The van der Waals surface area contributed by atoms with Crippen LogP contribution in [0.5, 0.6) is 0 Å². The number of nitrogens with two attached hydrogens (primary N) is 1. The van der Waals surface area contributed by atoms with Crippen LogP contribution < -0.4 is 15.6 Å². The molecule has 0 spiro atoms. The Labute approximate surface area is 231 Å². The van der Waals surface area contributed by atoms with Crippen molar-refractivity contribution in [3.63, 3.8) is 0 Å². The summed E-state index contributed by atoms with van der Waals surface area (Å²) in [5, 5.41) is 17.8. The molecule has 1 saturated heterocycles. The third-order valence-electron chi connectivity index (χ3n) is 6.28. The fourth-order valence-electron chi connectivity index (χ4n) is 4.70. The van der Waals surface area contributed by atoms with E-state index in [9.17, 15) is 19.5 Å². The Morgan fingerprint density at radius 1 is 1.38 bits per heavy atom. The Hall–Kier alpha value is -3.95. The van der Waals surface area contributed by atoms with Crippen molar-refractivity contribution in [3.05, 3.63) is 58.6 Å². The highest BCUT2D eigenvalue weighted by molar-refractivity contribution is 8.00. The van der Waals surface area contributed by atoms with Crippen LogP contribution in [0.3, 0.4) is 0 Å². The Balaban J connectivity index is 1.39. The molecule has 0 unspecified atom stereocenters. The minimum atomic E-state index is -1.19. The van der Waals surface area contributed by atoms with Crippen LogP contribution >= 0.6 is 23.1 Å². The molecular weight excluding hydrogens is 544 g/mol. The molecule has 2 aliphatic rings. The fourth-order valence-corrected chi connectivity index (χ4v) is 6.58. The molecule has 0 aliphatic carbocycles. The molecule has 2 amide bonds. The number of fused-ring (bicyclic) bond motifs is 2. The SMILES string of the molecule is CO/N=C(\C(=O)N[C@@H]1C(=O)N2C(C(=O)O)=C(C[n+]3cc(CN(C)C)n4ccccc43)CS[C@@H]12)c1csc(N)n1. The van der Waals surface area contributed by atoms with Crippen LogP contribution in [-0.4, -0.2) is 86.2 Å². The van der Waals surface area contributed by atoms with Crippen LogP contribution in [0.2, 0.25) is 0 Å². The van der Waals surface area contributed by atoms with Crippen LogP contribution in [0.15, 0.2) is 52.4 Å². The van der Waals surface area contributed by atoms with Crippen molar-refractivity contribution >= 4 is 57.4 Å². The van der Waals surface area contributed by atoms with Crippen LogP contribution in [0.1, 0.15) is 11.4 Å². The Morgan fingerprint density at radius 3 is 2.85 bits per heavy atom. The van der Waals surface area contributed by atoms with E-state index in [-0.39, 0.29) is 22.2 Å². The lowest BCUT2D eigenvalue weighted by molar-refractivity contribution is -0.662. The number of β-lactam (4-membered cyclic amide) rings is 1. The molecule has 3 aromatic rings. The lowest BCUT2D eigenvalue weighted by atomic mass is 10.0. The summed E-state index contributed by atoms with van der Waals surface area (Å²) in [6.45, 7) is 1.01. The average Bonchev–Trinajstić information content (AvgIpc) is 3.48. The van der Waals surface area contributed by atoms with Gasteiger partial charge in [-0.3, -0.25) is 14.5 Å². The third-order valence-corrected chi connectivity index (χ3v) is 8.30. The number of imidazole rings is 1. The maximum atomic E-state index is 13.2. The number of nitrogens with zero attached hydrogens (tertiary/aromatic N) is 6. The number of nitrogen functional groups attached to an aromatic ring is 1. The molecule has 0 bridgehead atoms. The van der Waals surface area contributed by atoms with Crippen molar-refractivity contribution in [3.8, 4) is 0 Å². The molecule has 0 radical (unpaired) electrons. The van der Waals surface area contributed by atoms with Gasteiger partial charge in [0.05, 0.1) is 12.7 Å². The maximum absolute atomic E-state index is 13.2. The summed E-state index contributed by atoms with van der Waals surface area (Å²) in [7, 11) is 5.26. The number of anilines is 1. The van der Waals surface area contributed by atoms with Gasteiger partial charge in [-0.2, -0.15) is 4.40 Å². The summed E-state index contributed by atoms with van der Waals surface area (Å²) in [5.41, 5.74) is 8.28. The van der Waals surface area contributed by atoms with Crippen molar-refractivity contribution in [1.29, 1.82) is 0 Å². The molecule has 5 heterocycles. The van der Waals surface area contributed by atoms with Gasteiger partial charge in [0.25, 0.3) is 17.5 Å². The number of pyridine rings is 1. The largest absolute Gasteiger partial charge is 0.477 e. The number of thioether (sulfide) groups is 1. The smallest absolute Gasteiger partial charge is 0.352 e. The monoisotopic (exact) mass is 571 g/mol. The number of carboxylic acids is 1. The second-order valence-electron chi connectivity index (χ2n) is 9.23. The zero-order valence-corrected chi connectivity index (χ0v) is 23.0. The first-order valence-corrected chi connectivity index (χ1v) is 13.8. The highest BCUT2D eigenvalue weighted by Crippen LogP contribution is 2.40. The molecule has 0 saturated carbocycles. The Morgan fingerprint density at radius 2 is 2.18 bits per heavy atom. The highest BCUT2D eigenvalue weighted by atomic mass is 32.2. The van der Waals surface area contributed by atoms with E-state index in [0.717, 1.165) is 22.7 Å². The number of aliphatic carboxylic acids is 1. The van der Waals surface area contributed by atoms with Gasteiger partial charge in [0.2, 0.25) is 0 Å². The van der Waals surface area contributed by atoms with Gasteiger partial charge >= 0.3 is 5.97 Å². The third kappa shape index (κ3) is 4.95. The van der Waals surface area contributed by atoms with Crippen molar-refractivity contribution in [2.24, 2.45) is 5.16 Å². The number of rotatable bonds is 9. The molecule has 2 atom stereocenters. The number of thiazole rings is 1. The topological polar surface area (TPSA) is 159 Å². The average molecular weight is 572 g/mol. The lowest BCUT2D eigenvalue weighted by Crippen LogP contribution is -2.71. The van der Waals surface area contributed by atoms with Gasteiger partial charge in [0, 0.05) is 22.8 Å². The summed E-state index contributed by atoms with van der Waals surface area (Å²) in [6, 6.07) is 4.91. The van der Waals surface area contributed by atoms with E-state index in [0.29, 0.717) is 24.4 Å². The number of carboxylic acid groups (broad SMARTS) is 1. The van der Waals surface area contributed by atoms with E-state index in [1.165, 1.54) is 23.8 Å². The van der Waals surface area contributed by atoms with Gasteiger partial charge in [0.1, 0.15) is 42.7 Å². The number of oxime groups is 1. The number of aromatic nitrogens is 3. The molecule has 15 heteroatoms. The summed E-state index contributed by atoms with van der Waals surface area (Å²) in [5.74, 6) is -1.99. The van der Waals surface area contributed by atoms with Crippen molar-refractivity contribution in [2.75, 3.05) is 32.7 Å². The van der Waals surface area contributed by atoms with Crippen molar-refractivity contribution in [2.45, 2.75) is 24.5 Å². The number of carbonyl (C=O) groups excluding carboxylic acids is 2. The maximum Gasteiger partial charge on any atom is 0.352 e. The fraction of sp³-hybridized carbons (Fsp3) is 0.333. The summed E-state index contributed by atoms with van der Waals surface area (Å²) < 4.78 is 4.06. The first-order chi connectivity index (χ1) is 18.7. The number of hydrogen-bond donors (Lipinski definition) is 3. The van der Waals surface area contributed by atoms with Gasteiger partial charge in [0.15, 0.2) is 16.5 Å². The van der Waals surface area contributed by atoms with Crippen molar-refractivity contribution < 1.29 is 28.9 Å². The standard InChI is InChI=1S/C24H26N8O5S2/c1-29(2)9-14-10-30(16-6-4-5-7-31(14)16)8-13-11-38-22-18(21(34)32(22)19(13)23(35)36)27-20(33)17(28-37-3)15-12-39-24(25)26-15/h4-7,10,12,18,22H,8-9,11H2,1-3H3,(H3-,25,26,27,33,35,36)/p+1/b28-17-/t18-,22+/m1/s1. The molecule has 0 aromatic carbocycles. The van der Waals surface area contributed by atoms with Gasteiger partial charge < -0.3 is 25.9 Å². The van der Waals surface area contributed by atoms with Gasteiger partial charge in [-0.1, -0.05) is 11.2 Å². The first kappa shape index (κ1) is 26.6. The molecule has 3 aromatic heterocycles. The molecule has 4 N–H and O–H groups in total. The molecule has 1 fully saturated rings. The zero-order chi connectivity index (χ0) is 27.8. The van der Waals surface area contributed by atoms with Crippen LogP contribution in [-0.2, 0) is 32.3 Å². The quantitative estimate of drug-likeness (QED) is 0.140. The number of amides is 2. The van der Waals surface area contributed by atoms with Crippen molar-refractivity contribution in [1.82, 2.24) is 24.5 Å². The first-order valence-electron chi connectivity index (χ1n) is 11.9. The molecule has 39 heavy (non-hydrogen) atoms. The lowest BCUT2D eigenvalue weighted by Gasteiger charge is -2.49. The van der Waals surface area contributed by atoms with E-state index in [4.69, 9.17) is 10.6 Å². The zero-order valence-electron chi connectivity index (χ0n) is 21.4. The van der Waals surface area contributed by atoms with E-state index >= 15 is 0 Å². The highest BCUT2D eigenvalue weighted by Gasteiger charge is 2.54. The van der Waals surface area contributed by atoms with Crippen LogP contribution in [0, 0.1) is 0 Å². The number of nitrogens with one attached hydrogen (secondary N) is 1. The Kier molecular flexibility index (Phi) is 7.29. The molecule has 5 rings (SSSR count). The molecular formula is C24H27N8O5S2+. The molecule has 204 valence electrons. The normalized spacial score (nSPS) is 19.3. The minimum absolute atomic E-state index is 0.0516. The summed E-state index contributed by atoms with van der Waals surface area (Å²) in [6.07, 6.45) is 3.97. The van der Waals surface area contributed by atoms with E-state index in [1.54, 1.807) is 5.38 Å². The van der Waals surface area contributed by atoms with Gasteiger partial charge in [-0.15, -0.1) is 23.1 Å². The van der Waals surface area contributed by atoms with E-state index in [1.807, 2.05) is 49.3 Å². The summed E-state index contributed by atoms with van der Waals surface area (Å²) >= 11 is 2.54.